The predicted molar refractivity (Wildman–Crippen MR) is 55.4 cm³/mol. The van der Waals surface area contributed by atoms with Gasteiger partial charge in [0.15, 0.2) is 5.78 Å². The second-order valence-electron chi connectivity index (χ2n) is 3.53. The zero-order valence-electron chi connectivity index (χ0n) is 8.93. The molecule has 1 aromatic rings. The number of hydrogen-bond acceptors (Lipinski definition) is 2. The van der Waals surface area contributed by atoms with Crippen molar-refractivity contribution in [2.45, 2.75) is 27.7 Å². The third-order valence-corrected chi connectivity index (χ3v) is 2.60. The standard InChI is InChI=1S/C12H13NO/c1-7-5-11(10(4)14)9(3)12(6-13)8(7)2/h5H,1-4H3. The number of nitriles is 1. The maximum absolute atomic E-state index is 11.3. The minimum atomic E-state index is 0.0158. The van der Waals surface area contributed by atoms with E-state index in [-0.39, 0.29) is 5.78 Å². The fraction of sp³-hybridized carbons (Fsp3) is 0.333. The average molecular weight is 187 g/mol. The first-order valence-corrected chi connectivity index (χ1v) is 4.51. The molecule has 0 radical (unpaired) electrons. The summed E-state index contributed by atoms with van der Waals surface area (Å²) in [7, 11) is 0. The van der Waals surface area contributed by atoms with Crippen molar-refractivity contribution < 1.29 is 4.79 Å². The van der Waals surface area contributed by atoms with Crippen LogP contribution in [0.5, 0.6) is 0 Å². The van der Waals surface area contributed by atoms with Gasteiger partial charge in [0.05, 0.1) is 11.6 Å². The Hall–Kier alpha value is -1.62. The topological polar surface area (TPSA) is 40.9 Å². The largest absolute Gasteiger partial charge is 0.295 e. The van der Waals surface area contributed by atoms with E-state index in [0.29, 0.717) is 11.1 Å². The molecule has 0 atom stereocenters. The maximum Gasteiger partial charge on any atom is 0.160 e. The average Bonchev–Trinajstić information content (AvgIpc) is 2.12. The van der Waals surface area contributed by atoms with Crippen molar-refractivity contribution in [1.82, 2.24) is 0 Å². The Morgan fingerprint density at radius 3 is 2.29 bits per heavy atom. The fourth-order valence-corrected chi connectivity index (χ4v) is 1.58. The van der Waals surface area contributed by atoms with Gasteiger partial charge in [-0.3, -0.25) is 4.79 Å². The van der Waals surface area contributed by atoms with E-state index in [1.54, 1.807) is 0 Å². The van der Waals surface area contributed by atoms with Gasteiger partial charge in [-0.25, -0.2) is 0 Å². The summed E-state index contributed by atoms with van der Waals surface area (Å²) >= 11 is 0. The van der Waals surface area contributed by atoms with E-state index in [9.17, 15) is 4.79 Å². The molecule has 0 saturated heterocycles. The van der Waals surface area contributed by atoms with Gasteiger partial charge in [-0.05, 0) is 50.5 Å². The Morgan fingerprint density at radius 1 is 1.29 bits per heavy atom. The van der Waals surface area contributed by atoms with Crippen LogP contribution >= 0.6 is 0 Å². The molecular weight excluding hydrogens is 174 g/mol. The number of Topliss-reactive ketones (excluding diaryl/α,β-unsaturated/α-hetero) is 1. The number of carbonyl (C=O) groups excluding carboxylic acids is 1. The van der Waals surface area contributed by atoms with Crippen LogP contribution in [-0.2, 0) is 0 Å². The molecule has 0 aliphatic rings. The maximum atomic E-state index is 11.3. The summed E-state index contributed by atoms with van der Waals surface area (Å²) in [5, 5.41) is 8.97. The van der Waals surface area contributed by atoms with Crippen LogP contribution in [0.2, 0.25) is 0 Å². The van der Waals surface area contributed by atoms with Crippen molar-refractivity contribution in [2.24, 2.45) is 0 Å². The van der Waals surface area contributed by atoms with Crippen LogP contribution in [0, 0.1) is 32.1 Å². The Labute approximate surface area is 84.2 Å². The molecule has 72 valence electrons. The SMILES string of the molecule is CC(=O)c1cc(C)c(C)c(C#N)c1C. The van der Waals surface area contributed by atoms with Gasteiger partial charge in [0.25, 0.3) is 0 Å². The third kappa shape index (κ3) is 1.54. The van der Waals surface area contributed by atoms with Gasteiger partial charge in [-0.2, -0.15) is 5.26 Å². The highest BCUT2D eigenvalue weighted by atomic mass is 16.1. The molecule has 0 saturated carbocycles. The van der Waals surface area contributed by atoms with Crippen molar-refractivity contribution in [1.29, 1.82) is 5.26 Å². The minimum Gasteiger partial charge on any atom is -0.295 e. The molecular formula is C12H13NO. The van der Waals surface area contributed by atoms with Crippen molar-refractivity contribution in [2.75, 3.05) is 0 Å². The fourth-order valence-electron chi connectivity index (χ4n) is 1.58. The number of rotatable bonds is 1. The number of hydrogen-bond donors (Lipinski definition) is 0. The molecule has 0 fully saturated rings. The van der Waals surface area contributed by atoms with E-state index in [0.717, 1.165) is 16.7 Å². The first-order chi connectivity index (χ1) is 6.49. The Morgan fingerprint density at radius 2 is 1.86 bits per heavy atom. The first-order valence-electron chi connectivity index (χ1n) is 4.51. The molecule has 0 unspecified atom stereocenters. The van der Waals surface area contributed by atoms with E-state index in [1.807, 2.05) is 26.8 Å². The Kier molecular flexibility index (Phi) is 2.71. The number of ketones is 1. The summed E-state index contributed by atoms with van der Waals surface area (Å²) in [6, 6.07) is 4.00. The van der Waals surface area contributed by atoms with Crippen LogP contribution in [0.25, 0.3) is 0 Å². The predicted octanol–water partition coefficient (Wildman–Crippen LogP) is 2.69. The highest BCUT2D eigenvalue weighted by Crippen LogP contribution is 2.21. The highest BCUT2D eigenvalue weighted by Gasteiger charge is 2.12. The summed E-state index contributed by atoms with van der Waals surface area (Å²) in [6.45, 7) is 7.17. The zero-order valence-corrected chi connectivity index (χ0v) is 8.93. The summed E-state index contributed by atoms with van der Waals surface area (Å²) in [4.78, 5) is 11.3. The lowest BCUT2D eigenvalue weighted by molar-refractivity contribution is 0.101. The van der Waals surface area contributed by atoms with E-state index in [4.69, 9.17) is 5.26 Å². The molecule has 0 N–H and O–H groups in total. The smallest absolute Gasteiger partial charge is 0.160 e. The van der Waals surface area contributed by atoms with Crippen LogP contribution in [-0.4, -0.2) is 5.78 Å². The molecule has 2 heteroatoms. The number of aryl methyl sites for hydroxylation is 1. The Bertz CT molecular complexity index is 439. The van der Waals surface area contributed by atoms with Crippen molar-refractivity contribution in [3.8, 4) is 6.07 Å². The van der Waals surface area contributed by atoms with Gasteiger partial charge in [-0.15, -0.1) is 0 Å². The van der Waals surface area contributed by atoms with Crippen LogP contribution < -0.4 is 0 Å². The van der Waals surface area contributed by atoms with E-state index in [1.165, 1.54) is 6.92 Å². The van der Waals surface area contributed by atoms with Crippen molar-refractivity contribution >= 4 is 5.78 Å². The normalized spacial score (nSPS) is 9.64. The quantitative estimate of drug-likeness (QED) is 0.634. The summed E-state index contributed by atoms with van der Waals surface area (Å²) in [5.74, 6) is 0.0158. The Balaban J connectivity index is 3.61. The van der Waals surface area contributed by atoms with E-state index < -0.39 is 0 Å². The molecule has 0 aliphatic heterocycles. The lowest BCUT2D eigenvalue weighted by Crippen LogP contribution is -2.02. The van der Waals surface area contributed by atoms with Crippen LogP contribution in [0.3, 0.4) is 0 Å². The molecule has 1 rings (SSSR count). The third-order valence-electron chi connectivity index (χ3n) is 2.60. The van der Waals surface area contributed by atoms with Gasteiger partial charge < -0.3 is 0 Å². The van der Waals surface area contributed by atoms with Gasteiger partial charge >= 0.3 is 0 Å². The summed E-state index contributed by atoms with van der Waals surface area (Å²) in [5.41, 5.74) is 4.05. The monoisotopic (exact) mass is 187 g/mol. The molecule has 1 aromatic carbocycles. The van der Waals surface area contributed by atoms with E-state index in [2.05, 4.69) is 6.07 Å². The lowest BCUT2D eigenvalue weighted by Gasteiger charge is -2.09. The van der Waals surface area contributed by atoms with Gasteiger partial charge in [0.2, 0.25) is 0 Å². The van der Waals surface area contributed by atoms with Crippen molar-refractivity contribution in [3.63, 3.8) is 0 Å². The zero-order chi connectivity index (χ0) is 10.9. The highest BCUT2D eigenvalue weighted by molar-refractivity contribution is 5.96. The first kappa shape index (κ1) is 10.5. The molecule has 2 nitrogen and oxygen atoms in total. The molecule has 0 amide bonds. The van der Waals surface area contributed by atoms with Crippen LogP contribution in [0.15, 0.2) is 6.07 Å². The molecule has 0 heterocycles. The molecule has 0 aliphatic carbocycles. The van der Waals surface area contributed by atoms with Crippen LogP contribution in [0.1, 0.15) is 39.5 Å². The van der Waals surface area contributed by atoms with Gasteiger partial charge in [-0.1, -0.05) is 0 Å². The van der Waals surface area contributed by atoms with Crippen LogP contribution in [0.4, 0.5) is 0 Å². The summed E-state index contributed by atoms with van der Waals surface area (Å²) < 4.78 is 0. The lowest BCUT2D eigenvalue weighted by atomic mass is 9.93. The van der Waals surface area contributed by atoms with Crippen molar-refractivity contribution in [3.05, 3.63) is 33.9 Å². The number of carbonyl (C=O) groups is 1. The molecule has 0 aromatic heterocycles. The second kappa shape index (κ2) is 3.63. The van der Waals surface area contributed by atoms with E-state index >= 15 is 0 Å². The minimum absolute atomic E-state index is 0.0158. The molecule has 14 heavy (non-hydrogen) atoms. The van der Waals surface area contributed by atoms with Gasteiger partial charge in [0.1, 0.15) is 0 Å². The number of nitrogens with zero attached hydrogens (tertiary/aromatic N) is 1. The number of benzene rings is 1. The summed E-state index contributed by atoms with van der Waals surface area (Å²) in [6.07, 6.45) is 0. The molecule has 0 spiro atoms. The molecule has 0 bridgehead atoms. The second-order valence-corrected chi connectivity index (χ2v) is 3.53. The van der Waals surface area contributed by atoms with Gasteiger partial charge in [0, 0.05) is 5.56 Å².